The van der Waals surface area contributed by atoms with E-state index in [1.165, 1.54) is 4.90 Å². The van der Waals surface area contributed by atoms with Crippen molar-refractivity contribution in [1.82, 2.24) is 4.98 Å². The number of rotatable bonds is 3. The Hall–Kier alpha value is -3.19. The van der Waals surface area contributed by atoms with E-state index in [1.54, 1.807) is 18.2 Å². The number of amides is 1. The van der Waals surface area contributed by atoms with Gasteiger partial charge in [0.2, 0.25) is 11.8 Å². The van der Waals surface area contributed by atoms with Crippen LogP contribution >= 0.6 is 15.9 Å². The quantitative estimate of drug-likeness (QED) is 0.482. The third kappa shape index (κ3) is 2.98. The van der Waals surface area contributed by atoms with Gasteiger partial charge in [-0.05, 0) is 35.0 Å². The Labute approximate surface area is 173 Å². The molecule has 1 atom stereocenters. The number of aliphatic carboxylic acids is 1. The van der Waals surface area contributed by atoms with E-state index in [2.05, 4.69) is 20.9 Å². The number of hydrogen-bond donors (Lipinski definition) is 1. The van der Waals surface area contributed by atoms with Crippen molar-refractivity contribution in [3.8, 4) is 11.5 Å². The fraction of sp³-hybridized carbons (Fsp3) is 0.136. The topological polar surface area (TPSA) is 83.6 Å². The van der Waals surface area contributed by atoms with E-state index in [0.717, 1.165) is 20.8 Å². The second-order valence-corrected chi connectivity index (χ2v) is 7.91. The standard InChI is InChI=1S/C22H15BrN2O4/c23-17-6-2-3-14-15(17)4-1-5-16(14)21-24-18-8-7-13(10-19(18)29-21)25-11-12(22(27)28)9-20(25)26/h1-8,10,12H,9,11H2,(H,27,28)/t12-/m0/s1. The lowest BCUT2D eigenvalue weighted by Crippen LogP contribution is -2.25. The van der Waals surface area contributed by atoms with Crippen LogP contribution in [-0.2, 0) is 9.59 Å². The highest BCUT2D eigenvalue weighted by Gasteiger charge is 2.35. The minimum absolute atomic E-state index is 0.0138. The van der Waals surface area contributed by atoms with Gasteiger partial charge < -0.3 is 14.4 Å². The van der Waals surface area contributed by atoms with E-state index in [0.29, 0.717) is 22.7 Å². The van der Waals surface area contributed by atoms with Gasteiger partial charge >= 0.3 is 5.97 Å². The zero-order valence-electron chi connectivity index (χ0n) is 15.1. The highest BCUT2D eigenvalue weighted by atomic mass is 79.9. The van der Waals surface area contributed by atoms with Crippen molar-refractivity contribution in [2.75, 3.05) is 11.4 Å². The lowest BCUT2D eigenvalue weighted by molar-refractivity contribution is -0.141. The number of aromatic nitrogens is 1. The number of anilines is 1. The summed E-state index contributed by atoms with van der Waals surface area (Å²) in [6, 6.07) is 17.2. The molecule has 4 aromatic rings. The van der Waals surface area contributed by atoms with E-state index in [9.17, 15) is 14.7 Å². The molecule has 2 heterocycles. The molecule has 1 N–H and O–H groups in total. The first-order chi connectivity index (χ1) is 14.0. The van der Waals surface area contributed by atoms with Crippen LogP contribution in [0.25, 0.3) is 33.3 Å². The monoisotopic (exact) mass is 450 g/mol. The van der Waals surface area contributed by atoms with Crippen LogP contribution in [0.5, 0.6) is 0 Å². The van der Waals surface area contributed by atoms with Gasteiger partial charge in [-0.2, -0.15) is 0 Å². The Morgan fingerprint density at radius 3 is 2.72 bits per heavy atom. The number of nitrogens with zero attached hydrogens (tertiary/aromatic N) is 2. The summed E-state index contributed by atoms with van der Waals surface area (Å²) in [5, 5.41) is 11.3. The van der Waals surface area contributed by atoms with Crippen LogP contribution in [0.3, 0.4) is 0 Å². The Kier molecular flexibility index (Phi) is 4.13. The number of carbonyl (C=O) groups excluding carboxylic acids is 1. The predicted octanol–water partition coefficient (Wildman–Crippen LogP) is 4.85. The number of oxazole rings is 1. The van der Waals surface area contributed by atoms with Gasteiger partial charge in [0.05, 0.1) is 5.92 Å². The third-order valence-corrected chi connectivity index (χ3v) is 5.95. The van der Waals surface area contributed by atoms with Crippen molar-refractivity contribution >= 4 is 55.4 Å². The summed E-state index contributed by atoms with van der Waals surface area (Å²) < 4.78 is 7.03. The number of halogens is 1. The molecule has 0 saturated carbocycles. The normalized spacial score (nSPS) is 16.8. The molecule has 0 spiro atoms. The lowest BCUT2D eigenvalue weighted by atomic mass is 10.0. The molecule has 1 amide bonds. The first-order valence-electron chi connectivity index (χ1n) is 9.12. The van der Waals surface area contributed by atoms with Gasteiger partial charge in [-0.25, -0.2) is 4.98 Å². The van der Waals surface area contributed by atoms with Gasteiger partial charge in [0.1, 0.15) is 5.52 Å². The van der Waals surface area contributed by atoms with Gasteiger partial charge in [0, 0.05) is 34.8 Å². The number of fused-ring (bicyclic) bond motifs is 2. The van der Waals surface area contributed by atoms with Crippen molar-refractivity contribution in [3.05, 3.63) is 59.1 Å². The molecule has 144 valence electrons. The molecule has 0 radical (unpaired) electrons. The van der Waals surface area contributed by atoms with Gasteiger partial charge in [0.15, 0.2) is 5.58 Å². The van der Waals surface area contributed by atoms with Crippen LogP contribution in [0.15, 0.2) is 63.5 Å². The maximum atomic E-state index is 12.2. The molecule has 0 bridgehead atoms. The minimum atomic E-state index is -0.953. The molecule has 3 aromatic carbocycles. The minimum Gasteiger partial charge on any atom is -0.481 e. The molecule has 1 aromatic heterocycles. The molecule has 0 unspecified atom stereocenters. The predicted molar refractivity (Wildman–Crippen MR) is 113 cm³/mol. The van der Waals surface area contributed by atoms with Crippen LogP contribution in [0.4, 0.5) is 5.69 Å². The fourth-order valence-corrected chi connectivity index (χ4v) is 4.28. The van der Waals surface area contributed by atoms with Crippen molar-refractivity contribution in [1.29, 1.82) is 0 Å². The molecule has 5 rings (SSSR count). The smallest absolute Gasteiger partial charge is 0.308 e. The zero-order chi connectivity index (χ0) is 20.1. The second-order valence-electron chi connectivity index (χ2n) is 7.06. The first-order valence-corrected chi connectivity index (χ1v) is 9.92. The third-order valence-electron chi connectivity index (χ3n) is 5.26. The van der Waals surface area contributed by atoms with Crippen LogP contribution in [-0.4, -0.2) is 28.5 Å². The fourth-order valence-electron chi connectivity index (χ4n) is 3.78. The molecule has 1 aliphatic heterocycles. The molecule has 1 aliphatic rings. The van der Waals surface area contributed by atoms with E-state index >= 15 is 0 Å². The Morgan fingerprint density at radius 2 is 1.93 bits per heavy atom. The molecule has 6 nitrogen and oxygen atoms in total. The first kappa shape index (κ1) is 17.9. The Balaban J connectivity index is 1.57. The van der Waals surface area contributed by atoms with Gasteiger partial charge in [0.25, 0.3) is 0 Å². The van der Waals surface area contributed by atoms with E-state index in [1.807, 2.05) is 36.4 Å². The molecular weight excluding hydrogens is 436 g/mol. The lowest BCUT2D eigenvalue weighted by Gasteiger charge is -2.15. The Bertz CT molecular complexity index is 1300. The molecular formula is C22H15BrN2O4. The van der Waals surface area contributed by atoms with E-state index < -0.39 is 11.9 Å². The van der Waals surface area contributed by atoms with Crippen LogP contribution in [0.1, 0.15) is 6.42 Å². The molecule has 1 saturated heterocycles. The van der Waals surface area contributed by atoms with Crippen LogP contribution < -0.4 is 4.90 Å². The van der Waals surface area contributed by atoms with Crippen molar-refractivity contribution in [3.63, 3.8) is 0 Å². The number of carbonyl (C=O) groups is 2. The van der Waals surface area contributed by atoms with Gasteiger partial charge in [-0.3, -0.25) is 9.59 Å². The number of carboxylic acids is 1. The average Bonchev–Trinajstić information content (AvgIpc) is 3.31. The molecule has 1 fully saturated rings. The highest BCUT2D eigenvalue weighted by molar-refractivity contribution is 9.10. The summed E-state index contributed by atoms with van der Waals surface area (Å²) in [4.78, 5) is 29.6. The maximum Gasteiger partial charge on any atom is 0.308 e. The zero-order valence-corrected chi connectivity index (χ0v) is 16.7. The van der Waals surface area contributed by atoms with Gasteiger partial charge in [-0.1, -0.05) is 40.2 Å². The summed E-state index contributed by atoms with van der Waals surface area (Å²) in [5.41, 5.74) is 2.73. The van der Waals surface area contributed by atoms with Gasteiger partial charge in [-0.15, -0.1) is 0 Å². The van der Waals surface area contributed by atoms with Crippen LogP contribution in [0, 0.1) is 5.92 Å². The summed E-state index contributed by atoms with van der Waals surface area (Å²) >= 11 is 3.58. The Morgan fingerprint density at radius 1 is 1.14 bits per heavy atom. The average molecular weight is 451 g/mol. The summed E-state index contributed by atoms with van der Waals surface area (Å²) in [7, 11) is 0. The van der Waals surface area contributed by atoms with Crippen molar-refractivity contribution < 1.29 is 19.1 Å². The number of carboxylic acid groups (broad SMARTS) is 1. The van der Waals surface area contributed by atoms with Crippen molar-refractivity contribution in [2.45, 2.75) is 6.42 Å². The molecule has 7 heteroatoms. The maximum absolute atomic E-state index is 12.2. The molecule has 0 aliphatic carbocycles. The molecule has 29 heavy (non-hydrogen) atoms. The van der Waals surface area contributed by atoms with Crippen LogP contribution in [0.2, 0.25) is 0 Å². The summed E-state index contributed by atoms with van der Waals surface area (Å²) in [5.74, 6) is -1.34. The van der Waals surface area contributed by atoms with E-state index in [-0.39, 0.29) is 18.9 Å². The largest absolute Gasteiger partial charge is 0.481 e. The number of benzene rings is 3. The van der Waals surface area contributed by atoms with E-state index in [4.69, 9.17) is 4.42 Å². The second kappa shape index (κ2) is 6.70. The highest BCUT2D eigenvalue weighted by Crippen LogP contribution is 2.35. The number of hydrogen-bond acceptors (Lipinski definition) is 4. The van der Waals surface area contributed by atoms with Crippen molar-refractivity contribution in [2.24, 2.45) is 5.92 Å². The summed E-state index contributed by atoms with van der Waals surface area (Å²) in [6.45, 7) is 0.165. The summed E-state index contributed by atoms with van der Waals surface area (Å²) in [6.07, 6.45) is 0.0138. The SMILES string of the molecule is O=C(O)[C@H]1CC(=O)N(c2ccc3nc(-c4cccc5c(Br)cccc45)oc3c2)C1.